The largest absolute Gasteiger partial charge is 0.416 e. The van der Waals surface area contributed by atoms with Crippen molar-refractivity contribution >= 4 is 28.1 Å². The van der Waals surface area contributed by atoms with E-state index in [1.165, 1.54) is 29.7 Å². The first-order valence-corrected chi connectivity index (χ1v) is 8.79. The molecule has 2 N–H and O–H groups in total. The maximum absolute atomic E-state index is 12.9. The Hall–Kier alpha value is -2.33. The number of hydroxylamine groups is 1. The fourth-order valence-corrected chi connectivity index (χ4v) is 4.52. The number of benzene rings is 1. The molecule has 2 aromatic rings. The van der Waals surface area contributed by atoms with Crippen molar-refractivity contribution in [3.8, 4) is 0 Å². The Balaban J connectivity index is 1.50. The monoisotopic (exact) mass is 384 g/mol. The van der Waals surface area contributed by atoms with Crippen LogP contribution in [0.15, 0.2) is 30.5 Å². The van der Waals surface area contributed by atoms with E-state index in [4.69, 9.17) is 5.21 Å². The molecule has 2 atom stereocenters. The van der Waals surface area contributed by atoms with Crippen molar-refractivity contribution in [1.29, 1.82) is 0 Å². The summed E-state index contributed by atoms with van der Waals surface area (Å²) in [7, 11) is 0. The Morgan fingerprint density at radius 2 is 2.00 bits per heavy atom. The molecule has 26 heavy (non-hydrogen) atoms. The first-order valence-electron chi connectivity index (χ1n) is 7.97. The molecule has 1 aromatic heterocycles. The predicted molar refractivity (Wildman–Crippen MR) is 89.7 cm³/mol. The van der Waals surface area contributed by atoms with Crippen LogP contribution in [-0.2, 0) is 6.18 Å². The highest BCUT2D eigenvalue weighted by molar-refractivity contribution is 7.17. The zero-order valence-corrected chi connectivity index (χ0v) is 14.2. The highest BCUT2D eigenvalue weighted by Gasteiger charge is 2.44. The van der Waals surface area contributed by atoms with Crippen LogP contribution < -0.4 is 15.3 Å². The van der Waals surface area contributed by atoms with Gasteiger partial charge in [0, 0.05) is 24.8 Å². The molecule has 2 bridgehead atoms. The third-order valence-corrected chi connectivity index (χ3v) is 5.84. The van der Waals surface area contributed by atoms with Crippen LogP contribution in [0.5, 0.6) is 0 Å². The lowest BCUT2D eigenvalue weighted by atomic mass is 10.1. The summed E-state index contributed by atoms with van der Waals surface area (Å²) in [4.78, 5) is 20.1. The normalized spacial score (nSPS) is 22.2. The van der Waals surface area contributed by atoms with Gasteiger partial charge in [-0.3, -0.25) is 10.0 Å². The second kappa shape index (κ2) is 6.13. The topological polar surface area (TPSA) is 68.7 Å². The number of hydrogen-bond donors (Lipinski definition) is 2. The number of rotatable bonds is 3. The number of carbonyl (C=O) groups is 1. The maximum atomic E-state index is 12.9. The van der Waals surface area contributed by atoms with Crippen molar-refractivity contribution in [3.63, 3.8) is 0 Å². The van der Waals surface area contributed by atoms with Gasteiger partial charge in [0.05, 0.1) is 17.8 Å². The zero-order chi connectivity index (χ0) is 18.5. The predicted octanol–water partition coefficient (Wildman–Crippen LogP) is 2.75. The molecule has 1 aromatic carbocycles. The standard InChI is InChI=1S/C16H15F3N4O2S/c17-16(18,19)9-2-1-3-10(4-9)22-7-12-5-11(22)8-23(12)15-20-6-13(26-15)14(24)21-25/h1-4,6,11-12,25H,5,7-8H2,(H,21,24). The molecule has 138 valence electrons. The van der Waals surface area contributed by atoms with E-state index in [0.717, 1.165) is 12.5 Å². The molecule has 2 unspecified atom stereocenters. The minimum absolute atomic E-state index is 0.0995. The Labute approximate surface area is 150 Å². The molecule has 2 fully saturated rings. The summed E-state index contributed by atoms with van der Waals surface area (Å²) in [6.07, 6.45) is -2.12. The van der Waals surface area contributed by atoms with Gasteiger partial charge < -0.3 is 9.80 Å². The molecule has 0 spiro atoms. The number of halogens is 3. The van der Waals surface area contributed by atoms with E-state index < -0.39 is 17.6 Å². The van der Waals surface area contributed by atoms with Gasteiger partial charge in [-0.15, -0.1) is 0 Å². The molecule has 10 heteroatoms. The van der Waals surface area contributed by atoms with Crippen molar-refractivity contribution in [2.75, 3.05) is 22.9 Å². The summed E-state index contributed by atoms with van der Waals surface area (Å²) in [5.41, 5.74) is 1.51. The molecule has 2 aliphatic heterocycles. The summed E-state index contributed by atoms with van der Waals surface area (Å²) in [5.74, 6) is -0.608. The Bertz CT molecular complexity index is 841. The number of anilines is 2. The van der Waals surface area contributed by atoms with E-state index in [-0.39, 0.29) is 12.1 Å². The Kier molecular flexibility index (Phi) is 4.03. The van der Waals surface area contributed by atoms with Gasteiger partial charge in [0.15, 0.2) is 5.13 Å². The minimum Gasteiger partial charge on any atom is -0.365 e. The lowest BCUT2D eigenvalue weighted by Crippen LogP contribution is -2.46. The van der Waals surface area contributed by atoms with Gasteiger partial charge in [-0.1, -0.05) is 17.4 Å². The Morgan fingerprint density at radius 3 is 2.65 bits per heavy atom. The third-order valence-electron chi connectivity index (χ3n) is 4.81. The number of alkyl halides is 3. The SMILES string of the molecule is O=C(NO)c1cnc(N2CC3CC2CN3c2cccc(C(F)(F)F)c2)s1. The van der Waals surface area contributed by atoms with Crippen LogP contribution in [0.2, 0.25) is 0 Å². The van der Waals surface area contributed by atoms with Gasteiger partial charge in [0.2, 0.25) is 0 Å². The van der Waals surface area contributed by atoms with Crippen molar-refractivity contribution in [2.45, 2.75) is 24.7 Å². The average Bonchev–Trinajstić information content (AvgIpc) is 3.35. The molecule has 1 amide bonds. The van der Waals surface area contributed by atoms with Crippen LogP contribution in [0.4, 0.5) is 24.0 Å². The molecule has 4 rings (SSSR count). The summed E-state index contributed by atoms with van der Waals surface area (Å²) in [6.45, 7) is 1.24. The number of amides is 1. The van der Waals surface area contributed by atoms with Gasteiger partial charge >= 0.3 is 6.18 Å². The third kappa shape index (κ3) is 2.88. The molecule has 0 radical (unpaired) electrons. The van der Waals surface area contributed by atoms with Crippen LogP contribution >= 0.6 is 11.3 Å². The van der Waals surface area contributed by atoms with Crippen molar-refractivity contribution in [3.05, 3.63) is 40.9 Å². The van der Waals surface area contributed by atoms with E-state index >= 15 is 0 Å². The fraction of sp³-hybridized carbons (Fsp3) is 0.375. The number of fused-ring (bicyclic) bond motifs is 2. The summed E-state index contributed by atoms with van der Waals surface area (Å²) in [6, 6.07) is 5.63. The maximum Gasteiger partial charge on any atom is 0.416 e. The van der Waals surface area contributed by atoms with E-state index in [1.807, 2.05) is 4.90 Å². The molecule has 0 aliphatic carbocycles. The molecule has 0 saturated carbocycles. The number of carbonyl (C=O) groups excluding carboxylic acids is 1. The molecule has 6 nitrogen and oxygen atoms in total. The number of nitrogens with one attached hydrogen (secondary N) is 1. The number of thiazole rings is 1. The first-order chi connectivity index (χ1) is 12.4. The van der Waals surface area contributed by atoms with Crippen LogP contribution in [0.25, 0.3) is 0 Å². The van der Waals surface area contributed by atoms with Crippen molar-refractivity contribution in [2.24, 2.45) is 0 Å². The quantitative estimate of drug-likeness (QED) is 0.629. The summed E-state index contributed by atoms with van der Waals surface area (Å²) >= 11 is 1.18. The minimum atomic E-state index is -4.36. The molecule has 2 saturated heterocycles. The first kappa shape index (κ1) is 17.1. The van der Waals surface area contributed by atoms with E-state index in [9.17, 15) is 18.0 Å². The summed E-state index contributed by atoms with van der Waals surface area (Å²) in [5, 5.41) is 9.37. The molecular formula is C16H15F3N4O2S. The molecule has 2 aliphatic rings. The van der Waals surface area contributed by atoms with E-state index in [2.05, 4.69) is 9.88 Å². The number of nitrogens with zero attached hydrogens (tertiary/aromatic N) is 3. The number of aromatic nitrogens is 1. The second-order valence-electron chi connectivity index (χ2n) is 6.34. The lowest BCUT2D eigenvalue weighted by molar-refractivity contribution is -0.137. The van der Waals surface area contributed by atoms with E-state index in [1.54, 1.807) is 11.5 Å². The number of hydrogen-bond acceptors (Lipinski definition) is 6. The second-order valence-corrected chi connectivity index (χ2v) is 7.35. The Morgan fingerprint density at radius 1 is 1.27 bits per heavy atom. The lowest BCUT2D eigenvalue weighted by Gasteiger charge is -2.35. The number of piperazine rings is 1. The van der Waals surface area contributed by atoms with Gasteiger partial charge in [0.25, 0.3) is 5.91 Å². The van der Waals surface area contributed by atoms with Crippen LogP contribution in [0.1, 0.15) is 21.7 Å². The molecular weight excluding hydrogens is 369 g/mol. The van der Waals surface area contributed by atoms with Crippen molar-refractivity contribution in [1.82, 2.24) is 10.5 Å². The van der Waals surface area contributed by atoms with Gasteiger partial charge in [-0.25, -0.2) is 10.5 Å². The highest BCUT2D eigenvalue weighted by Crippen LogP contribution is 2.40. The van der Waals surface area contributed by atoms with Gasteiger partial charge in [0.1, 0.15) is 4.88 Å². The highest BCUT2D eigenvalue weighted by atomic mass is 32.1. The van der Waals surface area contributed by atoms with Crippen molar-refractivity contribution < 1.29 is 23.2 Å². The average molecular weight is 384 g/mol. The van der Waals surface area contributed by atoms with Crippen LogP contribution in [0.3, 0.4) is 0 Å². The van der Waals surface area contributed by atoms with Gasteiger partial charge in [-0.05, 0) is 24.6 Å². The van der Waals surface area contributed by atoms with Gasteiger partial charge in [-0.2, -0.15) is 13.2 Å². The fourth-order valence-electron chi connectivity index (χ4n) is 3.64. The zero-order valence-electron chi connectivity index (χ0n) is 13.4. The van der Waals surface area contributed by atoms with Crippen LogP contribution in [-0.4, -0.2) is 41.3 Å². The smallest absolute Gasteiger partial charge is 0.365 e. The summed E-state index contributed by atoms with van der Waals surface area (Å²) < 4.78 is 38.8. The van der Waals surface area contributed by atoms with Crippen LogP contribution in [0, 0.1) is 0 Å². The molecule has 3 heterocycles. The van der Waals surface area contributed by atoms with E-state index in [0.29, 0.717) is 28.8 Å².